The van der Waals surface area contributed by atoms with Gasteiger partial charge in [-0.05, 0) is 56.7 Å². The summed E-state index contributed by atoms with van der Waals surface area (Å²) in [7, 11) is 0. The largest absolute Gasteiger partial charge is 0.339 e. The van der Waals surface area contributed by atoms with Gasteiger partial charge in [0.25, 0.3) is 5.91 Å². The van der Waals surface area contributed by atoms with E-state index < -0.39 is 0 Å². The van der Waals surface area contributed by atoms with Crippen LogP contribution in [0.4, 0.5) is 0 Å². The van der Waals surface area contributed by atoms with E-state index in [9.17, 15) is 4.79 Å². The topological polar surface area (TPSA) is 51.0 Å². The van der Waals surface area contributed by atoms with E-state index in [1.54, 1.807) is 12.4 Å². The van der Waals surface area contributed by atoms with Crippen molar-refractivity contribution in [1.29, 1.82) is 0 Å². The molecule has 0 fully saturated rings. The lowest BCUT2D eigenvalue weighted by molar-refractivity contribution is 0.0773. The molecule has 5 nitrogen and oxygen atoms in total. The second kappa shape index (κ2) is 6.83. The smallest absolute Gasteiger partial charge is 0.253 e. The van der Waals surface area contributed by atoms with E-state index in [2.05, 4.69) is 14.5 Å². The Morgan fingerprint density at radius 3 is 2.50 bits per heavy atom. The molecule has 3 aromatic rings. The minimum Gasteiger partial charge on any atom is -0.339 e. The van der Waals surface area contributed by atoms with Crippen LogP contribution in [0.5, 0.6) is 0 Å². The normalized spacial score (nSPS) is 11.0. The van der Waals surface area contributed by atoms with E-state index in [-0.39, 0.29) is 5.91 Å². The van der Waals surface area contributed by atoms with Crippen LogP contribution in [-0.4, -0.2) is 38.4 Å². The van der Waals surface area contributed by atoms with Crippen molar-refractivity contribution in [3.63, 3.8) is 0 Å². The molecule has 0 radical (unpaired) electrons. The molecule has 0 saturated carbocycles. The first-order valence-corrected chi connectivity index (χ1v) is 8.29. The maximum absolute atomic E-state index is 12.5. The Hall–Kier alpha value is -2.69. The highest BCUT2D eigenvalue weighted by molar-refractivity contribution is 5.97. The van der Waals surface area contributed by atoms with E-state index in [4.69, 9.17) is 0 Å². The molecule has 3 rings (SSSR count). The number of amides is 1. The van der Waals surface area contributed by atoms with Crippen LogP contribution in [0.1, 0.15) is 35.6 Å². The molecule has 5 heteroatoms. The van der Waals surface area contributed by atoms with Gasteiger partial charge >= 0.3 is 0 Å². The summed E-state index contributed by atoms with van der Waals surface area (Å²) in [5.74, 6) is 0.998. The molecule has 1 aromatic carbocycles. The number of aromatic nitrogens is 3. The summed E-state index contributed by atoms with van der Waals surface area (Å²) in [4.78, 5) is 23.0. The minimum absolute atomic E-state index is 0.0586. The van der Waals surface area contributed by atoms with E-state index in [0.29, 0.717) is 18.7 Å². The van der Waals surface area contributed by atoms with Crippen molar-refractivity contribution < 1.29 is 4.79 Å². The van der Waals surface area contributed by atoms with Gasteiger partial charge in [-0.3, -0.25) is 9.78 Å². The van der Waals surface area contributed by atoms with Crippen molar-refractivity contribution in [3.8, 4) is 0 Å². The van der Waals surface area contributed by atoms with Crippen molar-refractivity contribution in [2.45, 2.75) is 27.3 Å². The number of hydrogen-bond donors (Lipinski definition) is 0. The van der Waals surface area contributed by atoms with Gasteiger partial charge in [0.05, 0.1) is 11.0 Å². The molecule has 0 N–H and O–H groups in total. The van der Waals surface area contributed by atoms with Crippen LogP contribution in [-0.2, 0) is 6.54 Å². The zero-order valence-corrected chi connectivity index (χ0v) is 14.4. The van der Waals surface area contributed by atoms with Crippen molar-refractivity contribution in [2.24, 2.45) is 0 Å². The average Bonchev–Trinajstić information content (AvgIpc) is 2.91. The second-order valence-corrected chi connectivity index (χ2v) is 5.78. The van der Waals surface area contributed by atoms with Crippen LogP contribution in [0.3, 0.4) is 0 Å². The Bertz CT molecular complexity index is 850. The van der Waals surface area contributed by atoms with Crippen LogP contribution in [0.15, 0.2) is 42.7 Å². The molecule has 124 valence electrons. The molecule has 0 unspecified atom stereocenters. The third-order valence-corrected chi connectivity index (χ3v) is 4.33. The van der Waals surface area contributed by atoms with E-state index in [1.807, 2.05) is 56.0 Å². The van der Waals surface area contributed by atoms with Gasteiger partial charge in [-0.2, -0.15) is 0 Å². The molecule has 2 aromatic heterocycles. The van der Waals surface area contributed by atoms with Gasteiger partial charge in [0.2, 0.25) is 0 Å². The lowest BCUT2D eigenvalue weighted by Crippen LogP contribution is -2.30. The van der Waals surface area contributed by atoms with E-state index in [1.165, 1.54) is 5.56 Å². The van der Waals surface area contributed by atoms with Crippen LogP contribution in [0.2, 0.25) is 0 Å². The number of carbonyl (C=O) groups excluding carboxylic acids is 1. The Balaban J connectivity index is 1.97. The summed E-state index contributed by atoms with van der Waals surface area (Å²) in [6.07, 6.45) is 3.59. The monoisotopic (exact) mass is 322 g/mol. The van der Waals surface area contributed by atoms with Crippen LogP contribution in [0.25, 0.3) is 11.0 Å². The Morgan fingerprint density at radius 2 is 1.83 bits per heavy atom. The summed E-state index contributed by atoms with van der Waals surface area (Å²) < 4.78 is 2.16. The summed E-state index contributed by atoms with van der Waals surface area (Å²) in [5, 5.41) is 0. The maximum Gasteiger partial charge on any atom is 0.253 e. The van der Waals surface area contributed by atoms with E-state index in [0.717, 1.165) is 23.4 Å². The van der Waals surface area contributed by atoms with Gasteiger partial charge in [-0.1, -0.05) is 0 Å². The number of pyridine rings is 1. The zero-order valence-electron chi connectivity index (χ0n) is 14.4. The lowest BCUT2D eigenvalue weighted by atomic mass is 10.1. The number of carbonyl (C=O) groups is 1. The van der Waals surface area contributed by atoms with Crippen LogP contribution in [0, 0.1) is 6.92 Å². The molecule has 0 aliphatic carbocycles. The van der Waals surface area contributed by atoms with Crippen molar-refractivity contribution >= 4 is 16.9 Å². The highest BCUT2D eigenvalue weighted by Gasteiger charge is 2.15. The van der Waals surface area contributed by atoms with Gasteiger partial charge in [0.15, 0.2) is 0 Å². The highest BCUT2D eigenvalue weighted by atomic mass is 16.2. The van der Waals surface area contributed by atoms with Gasteiger partial charge in [-0.15, -0.1) is 0 Å². The first kappa shape index (κ1) is 16.2. The molecule has 0 aliphatic heterocycles. The maximum atomic E-state index is 12.5. The second-order valence-electron chi connectivity index (χ2n) is 5.78. The number of rotatable bonds is 5. The molecule has 2 heterocycles. The predicted molar refractivity (Wildman–Crippen MR) is 95.1 cm³/mol. The number of imidazole rings is 1. The fourth-order valence-electron chi connectivity index (χ4n) is 2.95. The third-order valence-electron chi connectivity index (χ3n) is 4.33. The predicted octanol–water partition coefficient (Wildman–Crippen LogP) is 3.27. The minimum atomic E-state index is 0.0586. The van der Waals surface area contributed by atoms with Crippen LogP contribution < -0.4 is 0 Å². The summed E-state index contributed by atoms with van der Waals surface area (Å²) in [6, 6.07) is 9.79. The van der Waals surface area contributed by atoms with E-state index >= 15 is 0 Å². The van der Waals surface area contributed by atoms with Gasteiger partial charge in [-0.25, -0.2) is 4.98 Å². The number of aryl methyl sites for hydroxylation is 1. The van der Waals surface area contributed by atoms with Crippen molar-refractivity contribution in [3.05, 3.63) is 59.7 Å². The molecule has 0 bridgehead atoms. The lowest BCUT2D eigenvalue weighted by Gasteiger charge is -2.18. The molecular formula is C19H22N4O. The summed E-state index contributed by atoms with van der Waals surface area (Å²) in [6.45, 7) is 8.15. The van der Waals surface area contributed by atoms with Gasteiger partial charge in [0, 0.05) is 37.6 Å². The molecule has 1 amide bonds. The first-order valence-electron chi connectivity index (χ1n) is 8.29. The Morgan fingerprint density at radius 1 is 1.12 bits per heavy atom. The van der Waals surface area contributed by atoms with Crippen molar-refractivity contribution in [2.75, 3.05) is 13.1 Å². The number of benzene rings is 1. The Kier molecular flexibility index (Phi) is 4.60. The summed E-state index contributed by atoms with van der Waals surface area (Å²) in [5.41, 5.74) is 3.77. The van der Waals surface area contributed by atoms with Crippen LogP contribution >= 0.6 is 0 Å². The molecule has 0 saturated heterocycles. The molecule has 0 atom stereocenters. The SMILES string of the molecule is CCN(CC)C(=O)c1ccc2c(c1)nc(C)n2Cc1ccncc1. The van der Waals surface area contributed by atoms with Gasteiger partial charge in [0.1, 0.15) is 5.82 Å². The Labute approximate surface area is 142 Å². The average molecular weight is 322 g/mol. The zero-order chi connectivity index (χ0) is 17.1. The number of fused-ring (bicyclic) bond motifs is 1. The quantitative estimate of drug-likeness (QED) is 0.724. The van der Waals surface area contributed by atoms with Gasteiger partial charge < -0.3 is 9.47 Å². The van der Waals surface area contributed by atoms with Crippen molar-refractivity contribution in [1.82, 2.24) is 19.4 Å². The fraction of sp³-hybridized carbons (Fsp3) is 0.316. The third kappa shape index (κ3) is 3.02. The summed E-state index contributed by atoms with van der Waals surface area (Å²) >= 11 is 0. The fourth-order valence-corrected chi connectivity index (χ4v) is 2.95. The molecule has 0 aliphatic rings. The molecule has 24 heavy (non-hydrogen) atoms. The first-order chi connectivity index (χ1) is 11.6. The standard InChI is InChI=1S/C19H22N4O/c1-4-22(5-2)19(24)16-6-7-18-17(12-16)21-14(3)23(18)13-15-8-10-20-11-9-15/h6-12H,4-5,13H2,1-3H3. The number of hydrogen-bond acceptors (Lipinski definition) is 3. The number of nitrogens with zero attached hydrogens (tertiary/aromatic N) is 4. The molecular weight excluding hydrogens is 300 g/mol. The molecule has 0 spiro atoms. The highest BCUT2D eigenvalue weighted by Crippen LogP contribution is 2.20.